The normalized spacial score (nSPS) is 24.5. The van der Waals surface area contributed by atoms with Crippen molar-refractivity contribution in [1.29, 1.82) is 0 Å². The van der Waals surface area contributed by atoms with Crippen LogP contribution in [0.3, 0.4) is 0 Å². The first-order chi connectivity index (χ1) is 10.9. The Morgan fingerprint density at radius 2 is 1.73 bits per heavy atom. The number of piperidine rings is 1. The van der Waals surface area contributed by atoms with E-state index in [2.05, 4.69) is 59.5 Å². The molecule has 0 aromatic heterocycles. The zero-order valence-corrected chi connectivity index (χ0v) is 13.2. The first-order valence-electron chi connectivity index (χ1n) is 8.74. The molecule has 0 saturated carbocycles. The third-order valence-corrected chi connectivity index (χ3v) is 5.62. The Balaban J connectivity index is 1.39. The average molecular weight is 291 g/mol. The average Bonchev–Trinajstić information content (AvgIpc) is 2.60. The maximum atomic E-state index is 2.70. The third kappa shape index (κ3) is 2.83. The van der Waals surface area contributed by atoms with Gasteiger partial charge in [-0.1, -0.05) is 54.6 Å². The Bertz CT molecular complexity index is 619. The fraction of sp³-hybridized carbons (Fsp3) is 0.429. The molecule has 4 rings (SSSR count). The largest absolute Gasteiger partial charge is 0.303 e. The highest BCUT2D eigenvalue weighted by molar-refractivity contribution is 5.34. The first kappa shape index (κ1) is 14.0. The lowest BCUT2D eigenvalue weighted by atomic mass is 9.71. The molecule has 0 spiro atoms. The smallest absolute Gasteiger partial charge is 0.00219 e. The number of likely N-dealkylation sites (tertiary alicyclic amines) is 1. The quantitative estimate of drug-likeness (QED) is 0.816. The Kier molecular flexibility index (Phi) is 3.99. The number of hydrogen-bond acceptors (Lipinski definition) is 1. The van der Waals surface area contributed by atoms with Crippen LogP contribution in [-0.4, -0.2) is 24.5 Å². The molecule has 1 heteroatoms. The summed E-state index contributed by atoms with van der Waals surface area (Å²) in [6.07, 6.45) is 5.19. The second-order valence-corrected chi connectivity index (χ2v) is 6.93. The highest BCUT2D eigenvalue weighted by Crippen LogP contribution is 2.41. The lowest BCUT2D eigenvalue weighted by Gasteiger charge is -2.42. The maximum absolute atomic E-state index is 2.70. The van der Waals surface area contributed by atoms with Crippen molar-refractivity contribution in [2.24, 2.45) is 5.92 Å². The standard InChI is InChI=1S/C21H25N/c1-2-6-17(7-3-1)12-14-22-15-13-21-19(16-22)11-10-18-8-4-5-9-20(18)21/h1-9,19,21H,10-16H2/t19-,21-/m0/s1. The van der Waals surface area contributed by atoms with E-state index in [1.54, 1.807) is 11.1 Å². The van der Waals surface area contributed by atoms with Gasteiger partial charge in [-0.3, -0.25) is 0 Å². The first-order valence-corrected chi connectivity index (χ1v) is 8.74. The summed E-state index contributed by atoms with van der Waals surface area (Å²) in [4.78, 5) is 2.70. The summed E-state index contributed by atoms with van der Waals surface area (Å²) in [7, 11) is 0. The van der Waals surface area contributed by atoms with Gasteiger partial charge in [0.1, 0.15) is 0 Å². The van der Waals surface area contributed by atoms with Crippen molar-refractivity contribution in [2.45, 2.75) is 31.6 Å². The molecule has 114 valence electrons. The van der Waals surface area contributed by atoms with Crippen molar-refractivity contribution < 1.29 is 0 Å². The van der Waals surface area contributed by atoms with Crippen LogP contribution in [-0.2, 0) is 12.8 Å². The molecule has 22 heavy (non-hydrogen) atoms. The molecule has 0 radical (unpaired) electrons. The summed E-state index contributed by atoms with van der Waals surface area (Å²) in [5.41, 5.74) is 4.74. The van der Waals surface area contributed by atoms with Gasteiger partial charge in [-0.15, -0.1) is 0 Å². The molecule has 2 aliphatic rings. The van der Waals surface area contributed by atoms with Gasteiger partial charge in [0.2, 0.25) is 0 Å². The lowest BCUT2D eigenvalue weighted by Crippen LogP contribution is -2.42. The van der Waals surface area contributed by atoms with Crippen molar-refractivity contribution in [3.63, 3.8) is 0 Å². The highest BCUT2D eigenvalue weighted by Gasteiger charge is 2.33. The second kappa shape index (κ2) is 6.26. The summed E-state index contributed by atoms with van der Waals surface area (Å²) in [6.45, 7) is 3.78. The number of nitrogens with zero attached hydrogens (tertiary/aromatic N) is 1. The van der Waals surface area contributed by atoms with E-state index in [1.807, 2.05) is 0 Å². The Hall–Kier alpha value is -1.60. The van der Waals surface area contributed by atoms with Gasteiger partial charge < -0.3 is 4.90 Å². The van der Waals surface area contributed by atoms with Crippen LogP contribution >= 0.6 is 0 Å². The van der Waals surface area contributed by atoms with Gasteiger partial charge in [0.25, 0.3) is 0 Å². The van der Waals surface area contributed by atoms with E-state index in [9.17, 15) is 0 Å². The van der Waals surface area contributed by atoms with Crippen molar-refractivity contribution >= 4 is 0 Å². The van der Waals surface area contributed by atoms with Crippen LogP contribution in [0, 0.1) is 5.92 Å². The van der Waals surface area contributed by atoms with Gasteiger partial charge in [0.15, 0.2) is 0 Å². The SMILES string of the molecule is c1ccc(CCN2CC[C@@H]3c4ccccc4CC[C@H]3C2)cc1. The van der Waals surface area contributed by atoms with Crippen LogP contribution in [0.15, 0.2) is 54.6 Å². The van der Waals surface area contributed by atoms with E-state index >= 15 is 0 Å². The Morgan fingerprint density at radius 3 is 2.64 bits per heavy atom. The van der Waals surface area contributed by atoms with E-state index in [-0.39, 0.29) is 0 Å². The predicted molar refractivity (Wildman–Crippen MR) is 92.2 cm³/mol. The molecular formula is C21H25N. The Morgan fingerprint density at radius 1 is 0.909 bits per heavy atom. The van der Waals surface area contributed by atoms with Crippen LogP contribution < -0.4 is 0 Å². The molecule has 0 N–H and O–H groups in total. The second-order valence-electron chi connectivity index (χ2n) is 6.93. The molecule has 0 unspecified atom stereocenters. The molecule has 1 heterocycles. The predicted octanol–water partition coefficient (Wildman–Crippen LogP) is 4.28. The van der Waals surface area contributed by atoms with Crippen LogP contribution in [0.25, 0.3) is 0 Å². The van der Waals surface area contributed by atoms with E-state index in [1.165, 1.54) is 50.9 Å². The summed E-state index contributed by atoms with van der Waals surface area (Å²) in [6, 6.07) is 20.1. The minimum Gasteiger partial charge on any atom is -0.303 e. The zero-order valence-electron chi connectivity index (χ0n) is 13.2. The van der Waals surface area contributed by atoms with Crippen molar-refractivity contribution in [1.82, 2.24) is 4.90 Å². The number of aryl methyl sites for hydroxylation is 1. The summed E-state index contributed by atoms with van der Waals surface area (Å²) in [5, 5.41) is 0. The molecule has 1 nitrogen and oxygen atoms in total. The van der Waals surface area contributed by atoms with Crippen molar-refractivity contribution in [2.75, 3.05) is 19.6 Å². The van der Waals surface area contributed by atoms with Gasteiger partial charge in [-0.05, 0) is 60.8 Å². The van der Waals surface area contributed by atoms with E-state index in [4.69, 9.17) is 0 Å². The van der Waals surface area contributed by atoms with Gasteiger partial charge in [0.05, 0.1) is 0 Å². The van der Waals surface area contributed by atoms with Crippen molar-refractivity contribution in [3.8, 4) is 0 Å². The molecule has 2 aromatic carbocycles. The number of hydrogen-bond donors (Lipinski definition) is 0. The molecule has 0 amide bonds. The van der Waals surface area contributed by atoms with Gasteiger partial charge in [-0.2, -0.15) is 0 Å². The summed E-state index contributed by atoms with van der Waals surface area (Å²) in [5.74, 6) is 1.69. The van der Waals surface area contributed by atoms with Gasteiger partial charge in [0, 0.05) is 13.1 Å². The molecule has 2 aromatic rings. The zero-order chi connectivity index (χ0) is 14.8. The highest BCUT2D eigenvalue weighted by atomic mass is 15.1. The monoisotopic (exact) mass is 291 g/mol. The number of benzene rings is 2. The van der Waals surface area contributed by atoms with Crippen LogP contribution in [0.1, 0.15) is 35.4 Å². The van der Waals surface area contributed by atoms with Gasteiger partial charge >= 0.3 is 0 Å². The topological polar surface area (TPSA) is 3.24 Å². The minimum atomic E-state index is 0.818. The fourth-order valence-electron chi connectivity index (χ4n) is 4.41. The third-order valence-electron chi connectivity index (χ3n) is 5.62. The maximum Gasteiger partial charge on any atom is 0.00219 e. The molecule has 2 atom stereocenters. The minimum absolute atomic E-state index is 0.818. The molecule has 1 saturated heterocycles. The number of rotatable bonds is 3. The van der Waals surface area contributed by atoms with E-state index < -0.39 is 0 Å². The van der Waals surface area contributed by atoms with Crippen molar-refractivity contribution in [3.05, 3.63) is 71.3 Å². The van der Waals surface area contributed by atoms with E-state index in [0.29, 0.717) is 0 Å². The molecular weight excluding hydrogens is 266 g/mol. The van der Waals surface area contributed by atoms with Crippen LogP contribution in [0.5, 0.6) is 0 Å². The molecule has 1 fully saturated rings. The number of fused-ring (bicyclic) bond motifs is 3. The lowest BCUT2D eigenvalue weighted by molar-refractivity contribution is 0.142. The van der Waals surface area contributed by atoms with Crippen LogP contribution in [0.2, 0.25) is 0 Å². The summed E-state index contributed by atoms with van der Waals surface area (Å²) < 4.78 is 0. The van der Waals surface area contributed by atoms with Gasteiger partial charge in [-0.25, -0.2) is 0 Å². The molecule has 1 aliphatic heterocycles. The molecule has 1 aliphatic carbocycles. The van der Waals surface area contributed by atoms with Crippen LogP contribution in [0.4, 0.5) is 0 Å². The summed E-state index contributed by atoms with van der Waals surface area (Å²) >= 11 is 0. The fourth-order valence-corrected chi connectivity index (χ4v) is 4.41. The Labute approximate surface area is 134 Å². The van der Waals surface area contributed by atoms with E-state index in [0.717, 1.165) is 11.8 Å². The molecule has 0 bridgehead atoms.